The highest BCUT2D eigenvalue weighted by molar-refractivity contribution is 7.90. The fraction of sp³-hybridized carbons (Fsp3) is 0.333. The molecule has 0 unspecified atom stereocenters. The largest absolute Gasteiger partial charge is 0.490 e. The first-order valence-electron chi connectivity index (χ1n) is 10.8. The number of sulfonamides is 1. The third-order valence-corrected chi connectivity index (χ3v) is 6.79. The molecule has 0 bridgehead atoms. The topological polar surface area (TPSA) is 135 Å². The molecule has 1 aliphatic carbocycles. The molecule has 3 aromatic rings. The Morgan fingerprint density at radius 1 is 1.32 bits per heavy atom. The van der Waals surface area contributed by atoms with Gasteiger partial charge in [-0.3, -0.25) is 4.79 Å². The molecule has 1 aliphatic rings. The number of nitrogens with zero attached hydrogens (tertiary/aromatic N) is 3. The zero-order chi connectivity index (χ0) is 24.5. The quantitative estimate of drug-likeness (QED) is 0.517. The van der Waals surface area contributed by atoms with Gasteiger partial charge in [0.2, 0.25) is 15.8 Å². The molecule has 2 aromatic carbocycles. The van der Waals surface area contributed by atoms with Crippen molar-refractivity contribution in [3.63, 3.8) is 0 Å². The predicted octanol–water partition coefficient (Wildman–Crippen LogP) is 3.56. The van der Waals surface area contributed by atoms with Crippen LogP contribution in [0.3, 0.4) is 0 Å². The summed E-state index contributed by atoms with van der Waals surface area (Å²) in [4.78, 5) is 15.8. The lowest BCUT2D eigenvalue weighted by molar-refractivity contribution is -0.114. The molecule has 10 heteroatoms. The molecule has 1 aromatic heterocycles. The zero-order valence-corrected chi connectivity index (χ0v) is 19.8. The van der Waals surface area contributed by atoms with Crippen LogP contribution >= 0.6 is 0 Å². The SMILES string of the molecule is CC(=O)CS(=O)(=O)N[C@H]1CCc2c(-c3noc(-c4ccc(OC(C)C)c(C#N)c4)n3)cccc21. The van der Waals surface area contributed by atoms with E-state index in [9.17, 15) is 18.5 Å². The maximum atomic E-state index is 12.3. The van der Waals surface area contributed by atoms with Crippen molar-refractivity contribution in [1.29, 1.82) is 5.26 Å². The third-order valence-electron chi connectivity index (χ3n) is 5.36. The number of rotatable bonds is 8. The Balaban J connectivity index is 1.62. The number of benzene rings is 2. The molecule has 1 heterocycles. The smallest absolute Gasteiger partial charge is 0.258 e. The van der Waals surface area contributed by atoms with Gasteiger partial charge in [0.05, 0.1) is 11.7 Å². The number of Topliss-reactive ketones (excluding diaryl/α,β-unsaturated/α-hetero) is 1. The van der Waals surface area contributed by atoms with E-state index in [-0.39, 0.29) is 12.0 Å². The monoisotopic (exact) mass is 480 g/mol. The zero-order valence-electron chi connectivity index (χ0n) is 19.0. The van der Waals surface area contributed by atoms with Crippen molar-refractivity contribution < 1.29 is 22.5 Å². The second kappa shape index (κ2) is 9.37. The summed E-state index contributed by atoms with van der Waals surface area (Å²) in [6.07, 6.45) is 1.13. The van der Waals surface area contributed by atoms with Crippen molar-refractivity contribution >= 4 is 15.8 Å². The second-order valence-electron chi connectivity index (χ2n) is 8.46. The van der Waals surface area contributed by atoms with Gasteiger partial charge in [-0.2, -0.15) is 10.2 Å². The van der Waals surface area contributed by atoms with Crippen LogP contribution in [0.25, 0.3) is 22.8 Å². The lowest BCUT2D eigenvalue weighted by Crippen LogP contribution is -2.31. The van der Waals surface area contributed by atoms with E-state index in [0.717, 1.165) is 16.7 Å². The minimum atomic E-state index is -3.72. The van der Waals surface area contributed by atoms with E-state index < -0.39 is 27.6 Å². The molecule has 9 nitrogen and oxygen atoms in total. The summed E-state index contributed by atoms with van der Waals surface area (Å²) in [7, 11) is -3.72. The minimum absolute atomic E-state index is 0.0658. The molecule has 0 saturated carbocycles. The second-order valence-corrected chi connectivity index (χ2v) is 10.2. The van der Waals surface area contributed by atoms with Crippen LogP contribution < -0.4 is 9.46 Å². The molecule has 0 amide bonds. The number of ketones is 1. The van der Waals surface area contributed by atoms with Gasteiger partial charge in [0.25, 0.3) is 5.89 Å². The highest BCUT2D eigenvalue weighted by Crippen LogP contribution is 2.38. The number of nitrogens with one attached hydrogen (secondary N) is 1. The molecular formula is C24H24N4O5S. The van der Waals surface area contributed by atoms with Crippen LogP contribution in [0.1, 0.15) is 49.9 Å². The summed E-state index contributed by atoms with van der Waals surface area (Å²) in [5.41, 5.74) is 3.48. The van der Waals surface area contributed by atoms with Crippen molar-refractivity contribution in [3.05, 3.63) is 53.1 Å². The van der Waals surface area contributed by atoms with Crippen molar-refractivity contribution in [2.75, 3.05) is 5.75 Å². The van der Waals surface area contributed by atoms with Crippen LogP contribution in [-0.2, 0) is 21.2 Å². The number of hydrogen-bond donors (Lipinski definition) is 1. The van der Waals surface area contributed by atoms with E-state index in [1.165, 1.54) is 6.92 Å². The van der Waals surface area contributed by atoms with E-state index in [2.05, 4.69) is 20.9 Å². The summed E-state index contributed by atoms with van der Waals surface area (Å²) < 4.78 is 38.3. The van der Waals surface area contributed by atoms with Crippen molar-refractivity contribution in [3.8, 4) is 34.7 Å². The van der Waals surface area contributed by atoms with E-state index in [0.29, 0.717) is 35.5 Å². The summed E-state index contributed by atoms with van der Waals surface area (Å²) in [5.74, 6) is 0.164. The average Bonchev–Trinajstić information content (AvgIpc) is 3.40. The number of carbonyl (C=O) groups is 1. The molecule has 34 heavy (non-hydrogen) atoms. The molecule has 0 aliphatic heterocycles. The molecule has 1 N–H and O–H groups in total. The number of carbonyl (C=O) groups excluding carboxylic acids is 1. The standard InChI is InChI=1S/C24H24N4O5S/c1-14(2)32-22-10-7-16(11-17(22)12-25)24-26-23(27-33-24)20-6-4-5-19-18(20)8-9-21(19)28-34(30,31)13-15(3)29/h4-7,10-11,14,21,28H,8-9,13H2,1-3H3/t21-/m0/s1. The average molecular weight is 481 g/mol. The van der Waals surface area contributed by atoms with Gasteiger partial charge in [-0.15, -0.1) is 0 Å². The van der Waals surface area contributed by atoms with Crippen molar-refractivity contribution in [1.82, 2.24) is 14.9 Å². The first-order chi connectivity index (χ1) is 16.2. The number of hydrogen-bond acceptors (Lipinski definition) is 8. The lowest BCUT2D eigenvalue weighted by atomic mass is 10.0. The Hall–Kier alpha value is -3.55. The van der Waals surface area contributed by atoms with Gasteiger partial charge >= 0.3 is 0 Å². The highest BCUT2D eigenvalue weighted by atomic mass is 32.2. The summed E-state index contributed by atoms with van der Waals surface area (Å²) in [6, 6.07) is 12.3. The number of nitriles is 1. The third kappa shape index (κ3) is 5.00. The molecule has 0 fully saturated rings. The maximum absolute atomic E-state index is 12.3. The normalized spacial score (nSPS) is 15.2. The molecule has 4 rings (SSSR count). The summed E-state index contributed by atoms with van der Waals surface area (Å²) in [5, 5.41) is 13.6. The first kappa shape index (κ1) is 23.6. The lowest BCUT2D eigenvalue weighted by Gasteiger charge is -2.14. The van der Waals surface area contributed by atoms with Gasteiger partial charge in [0.15, 0.2) is 0 Å². The van der Waals surface area contributed by atoms with Gasteiger partial charge < -0.3 is 9.26 Å². The van der Waals surface area contributed by atoms with E-state index in [1.54, 1.807) is 18.2 Å². The van der Waals surface area contributed by atoms with Crippen LogP contribution in [0.15, 0.2) is 40.9 Å². The van der Waals surface area contributed by atoms with Gasteiger partial charge in [-0.25, -0.2) is 13.1 Å². The van der Waals surface area contributed by atoms with E-state index >= 15 is 0 Å². The maximum Gasteiger partial charge on any atom is 0.258 e. The van der Waals surface area contributed by atoms with Gasteiger partial charge in [-0.05, 0) is 62.9 Å². The fourth-order valence-corrected chi connectivity index (χ4v) is 5.37. The van der Waals surface area contributed by atoms with Crippen LogP contribution in [0.4, 0.5) is 0 Å². The van der Waals surface area contributed by atoms with Gasteiger partial charge in [-0.1, -0.05) is 23.4 Å². The van der Waals surface area contributed by atoms with Crippen molar-refractivity contribution in [2.24, 2.45) is 0 Å². The number of fused-ring (bicyclic) bond motifs is 1. The Bertz CT molecular complexity index is 1390. The molecular weight excluding hydrogens is 456 g/mol. The molecule has 176 valence electrons. The number of ether oxygens (including phenoxy) is 1. The van der Waals surface area contributed by atoms with Crippen LogP contribution in [-0.4, -0.2) is 36.2 Å². The van der Waals surface area contributed by atoms with Crippen LogP contribution in [0, 0.1) is 11.3 Å². The predicted molar refractivity (Wildman–Crippen MR) is 124 cm³/mol. The molecule has 0 spiro atoms. The van der Waals surface area contributed by atoms with E-state index in [1.807, 2.05) is 32.0 Å². The van der Waals surface area contributed by atoms with Gasteiger partial charge in [0, 0.05) is 17.2 Å². The van der Waals surface area contributed by atoms with Crippen LogP contribution in [0.5, 0.6) is 5.75 Å². The highest BCUT2D eigenvalue weighted by Gasteiger charge is 2.30. The molecule has 0 radical (unpaired) electrons. The first-order valence-corrected chi connectivity index (χ1v) is 12.5. The summed E-state index contributed by atoms with van der Waals surface area (Å²) in [6.45, 7) is 5.02. The van der Waals surface area contributed by atoms with E-state index in [4.69, 9.17) is 9.26 Å². The Kier molecular flexibility index (Phi) is 6.50. The number of aromatic nitrogens is 2. The summed E-state index contributed by atoms with van der Waals surface area (Å²) >= 11 is 0. The Labute approximate surface area is 197 Å². The fourth-order valence-electron chi connectivity index (χ4n) is 4.07. The Morgan fingerprint density at radius 2 is 2.12 bits per heavy atom. The van der Waals surface area contributed by atoms with Crippen LogP contribution in [0.2, 0.25) is 0 Å². The van der Waals surface area contributed by atoms with Crippen molar-refractivity contribution in [2.45, 2.75) is 45.8 Å². The molecule has 0 saturated heterocycles. The Morgan fingerprint density at radius 3 is 2.82 bits per heavy atom. The minimum Gasteiger partial charge on any atom is -0.490 e. The molecule has 1 atom stereocenters. The van der Waals surface area contributed by atoms with Gasteiger partial charge in [0.1, 0.15) is 23.4 Å².